The van der Waals surface area contributed by atoms with Crippen molar-refractivity contribution in [3.8, 4) is 0 Å². The van der Waals surface area contributed by atoms with E-state index in [0.717, 1.165) is 9.87 Å². The Morgan fingerprint density at radius 3 is 2.50 bits per heavy atom. The summed E-state index contributed by atoms with van der Waals surface area (Å²) in [5.41, 5.74) is 1.14. The number of aryl methyl sites for hydroxylation is 1. The number of nitrogens with one attached hydrogen (secondary N) is 1. The van der Waals surface area contributed by atoms with Crippen LogP contribution in [0.5, 0.6) is 0 Å². The van der Waals surface area contributed by atoms with E-state index in [9.17, 15) is 13.2 Å². The summed E-state index contributed by atoms with van der Waals surface area (Å²) in [6, 6.07) is 12.8. The minimum Gasteiger partial charge on any atom is -0.383 e. The molecule has 0 aliphatic carbocycles. The van der Waals surface area contributed by atoms with Crippen LogP contribution in [0.1, 0.15) is 5.56 Å². The molecule has 6 nitrogen and oxygen atoms in total. The van der Waals surface area contributed by atoms with Crippen LogP contribution in [0, 0.1) is 6.92 Å². The molecule has 0 fully saturated rings. The third kappa shape index (κ3) is 4.97. The van der Waals surface area contributed by atoms with Crippen molar-refractivity contribution in [3.63, 3.8) is 0 Å². The Kier molecular flexibility index (Phi) is 7.02. The first kappa shape index (κ1) is 20.2. The Labute approximate surface area is 158 Å². The largest absolute Gasteiger partial charge is 0.383 e. The topological polar surface area (TPSA) is 75.7 Å². The van der Waals surface area contributed by atoms with E-state index < -0.39 is 15.9 Å². The number of methoxy groups -OCH3 is 1. The number of ether oxygens (including phenoxy) is 1. The van der Waals surface area contributed by atoms with E-state index in [1.54, 1.807) is 36.4 Å². The first-order valence-corrected chi connectivity index (χ1v) is 9.77. The monoisotopic (exact) mass is 396 g/mol. The molecular weight excluding hydrogens is 376 g/mol. The average molecular weight is 397 g/mol. The van der Waals surface area contributed by atoms with Gasteiger partial charge in [0, 0.05) is 18.7 Å². The van der Waals surface area contributed by atoms with Gasteiger partial charge < -0.3 is 10.1 Å². The molecule has 0 aliphatic rings. The second-order valence-electron chi connectivity index (χ2n) is 5.60. The van der Waals surface area contributed by atoms with Gasteiger partial charge in [0.1, 0.15) is 6.54 Å². The van der Waals surface area contributed by atoms with E-state index in [1.165, 1.54) is 19.2 Å². The molecule has 0 radical (unpaired) electrons. The molecule has 140 valence electrons. The predicted octanol–water partition coefficient (Wildman–Crippen LogP) is 2.61. The fourth-order valence-electron chi connectivity index (χ4n) is 2.25. The number of carbonyl (C=O) groups excluding carboxylic acids is 1. The standard InChI is InChI=1S/C18H21ClN2O4S/c1-14-8-9-15(12-17(14)19)21(13-18(22)20-10-11-25-2)26(23,24)16-6-4-3-5-7-16/h3-9,12H,10-11,13H2,1-2H3,(H,20,22). The molecule has 2 rings (SSSR count). The van der Waals surface area contributed by atoms with E-state index in [-0.39, 0.29) is 11.4 Å². The molecule has 1 amide bonds. The molecule has 0 aliphatic heterocycles. The average Bonchev–Trinajstić information content (AvgIpc) is 2.63. The lowest BCUT2D eigenvalue weighted by molar-refractivity contribution is -0.119. The van der Waals surface area contributed by atoms with E-state index in [0.29, 0.717) is 23.9 Å². The molecule has 2 aromatic carbocycles. The van der Waals surface area contributed by atoms with Gasteiger partial charge >= 0.3 is 0 Å². The molecule has 0 aromatic heterocycles. The number of amides is 1. The van der Waals surface area contributed by atoms with Crippen LogP contribution in [0.25, 0.3) is 0 Å². The quantitative estimate of drug-likeness (QED) is 0.696. The summed E-state index contributed by atoms with van der Waals surface area (Å²) in [6.07, 6.45) is 0. The van der Waals surface area contributed by atoms with Gasteiger partial charge in [0.05, 0.1) is 17.2 Å². The van der Waals surface area contributed by atoms with Crippen LogP contribution in [0.15, 0.2) is 53.4 Å². The highest BCUT2D eigenvalue weighted by molar-refractivity contribution is 7.92. The van der Waals surface area contributed by atoms with Crippen molar-refractivity contribution in [2.75, 3.05) is 31.1 Å². The number of benzene rings is 2. The second-order valence-corrected chi connectivity index (χ2v) is 7.87. The Balaban J connectivity index is 2.38. The Morgan fingerprint density at radius 2 is 1.88 bits per heavy atom. The van der Waals surface area contributed by atoms with Crippen LogP contribution >= 0.6 is 11.6 Å². The fourth-order valence-corrected chi connectivity index (χ4v) is 3.86. The maximum absolute atomic E-state index is 13.1. The van der Waals surface area contributed by atoms with Crippen LogP contribution in [0.3, 0.4) is 0 Å². The Hall–Kier alpha value is -2.09. The molecule has 2 aromatic rings. The highest BCUT2D eigenvalue weighted by Crippen LogP contribution is 2.27. The zero-order chi connectivity index (χ0) is 19.2. The van der Waals surface area contributed by atoms with E-state index in [4.69, 9.17) is 16.3 Å². The number of hydrogen-bond donors (Lipinski definition) is 1. The van der Waals surface area contributed by atoms with Gasteiger partial charge in [-0.2, -0.15) is 0 Å². The first-order chi connectivity index (χ1) is 12.4. The van der Waals surface area contributed by atoms with Gasteiger partial charge in [0.25, 0.3) is 10.0 Å². The van der Waals surface area contributed by atoms with Crippen molar-refractivity contribution < 1.29 is 17.9 Å². The normalized spacial score (nSPS) is 11.2. The molecule has 0 bridgehead atoms. The van der Waals surface area contributed by atoms with Crippen molar-refractivity contribution in [2.24, 2.45) is 0 Å². The number of anilines is 1. The molecule has 0 saturated heterocycles. The number of hydrogen-bond acceptors (Lipinski definition) is 4. The van der Waals surface area contributed by atoms with Crippen molar-refractivity contribution in [1.82, 2.24) is 5.32 Å². The first-order valence-electron chi connectivity index (χ1n) is 7.96. The number of rotatable bonds is 8. The van der Waals surface area contributed by atoms with E-state index >= 15 is 0 Å². The van der Waals surface area contributed by atoms with Gasteiger partial charge in [-0.15, -0.1) is 0 Å². The highest BCUT2D eigenvalue weighted by Gasteiger charge is 2.27. The minimum atomic E-state index is -3.93. The molecule has 0 saturated carbocycles. The van der Waals surface area contributed by atoms with Gasteiger partial charge in [0.2, 0.25) is 5.91 Å². The van der Waals surface area contributed by atoms with Crippen LogP contribution in [-0.4, -0.2) is 41.1 Å². The molecule has 0 heterocycles. The number of nitrogens with zero attached hydrogens (tertiary/aromatic N) is 1. The van der Waals surface area contributed by atoms with Gasteiger partial charge in [-0.3, -0.25) is 9.10 Å². The van der Waals surface area contributed by atoms with Gasteiger partial charge in [-0.05, 0) is 36.8 Å². The lowest BCUT2D eigenvalue weighted by atomic mass is 10.2. The van der Waals surface area contributed by atoms with E-state index in [2.05, 4.69) is 5.32 Å². The SMILES string of the molecule is COCCNC(=O)CN(c1ccc(C)c(Cl)c1)S(=O)(=O)c1ccccc1. The molecule has 0 atom stereocenters. The summed E-state index contributed by atoms with van der Waals surface area (Å²) in [7, 11) is -2.41. The second kappa shape index (κ2) is 9.02. The number of carbonyl (C=O) groups is 1. The predicted molar refractivity (Wildman–Crippen MR) is 102 cm³/mol. The van der Waals surface area contributed by atoms with Gasteiger partial charge in [-0.1, -0.05) is 35.9 Å². The molecule has 8 heteroatoms. The molecule has 1 N–H and O–H groups in total. The lowest BCUT2D eigenvalue weighted by Crippen LogP contribution is -2.41. The molecular formula is C18H21ClN2O4S. The van der Waals surface area contributed by atoms with Crippen molar-refractivity contribution in [3.05, 3.63) is 59.1 Å². The lowest BCUT2D eigenvalue weighted by Gasteiger charge is -2.24. The fraction of sp³-hybridized carbons (Fsp3) is 0.278. The van der Waals surface area contributed by atoms with Gasteiger partial charge in [-0.25, -0.2) is 8.42 Å². The third-order valence-corrected chi connectivity index (χ3v) is 5.89. The summed E-state index contributed by atoms with van der Waals surface area (Å²) < 4.78 is 32.1. The summed E-state index contributed by atoms with van der Waals surface area (Å²) in [5, 5.41) is 3.06. The van der Waals surface area contributed by atoms with Crippen molar-refractivity contribution >= 4 is 33.2 Å². The van der Waals surface area contributed by atoms with Crippen molar-refractivity contribution in [1.29, 1.82) is 0 Å². The number of sulfonamides is 1. The zero-order valence-electron chi connectivity index (χ0n) is 14.6. The highest BCUT2D eigenvalue weighted by atomic mass is 35.5. The van der Waals surface area contributed by atoms with Crippen molar-refractivity contribution in [2.45, 2.75) is 11.8 Å². The maximum Gasteiger partial charge on any atom is 0.264 e. The summed E-state index contributed by atoms with van der Waals surface area (Å²) >= 11 is 6.15. The molecule has 0 spiro atoms. The van der Waals surface area contributed by atoms with Crippen LogP contribution < -0.4 is 9.62 Å². The third-order valence-electron chi connectivity index (χ3n) is 3.69. The Bertz CT molecular complexity index is 857. The minimum absolute atomic E-state index is 0.0985. The zero-order valence-corrected chi connectivity index (χ0v) is 16.2. The van der Waals surface area contributed by atoms with Crippen LogP contribution in [-0.2, 0) is 19.6 Å². The molecule has 0 unspecified atom stereocenters. The van der Waals surface area contributed by atoms with Gasteiger partial charge in [0.15, 0.2) is 0 Å². The van der Waals surface area contributed by atoms with E-state index in [1.807, 2.05) is 6.92 Å². The summed E-state index contributed by atoms with van der Waals surface area (Å²) in [4.78, 5) is 12.3. The van der Waals surface area contributed by atoms with Crippen LogP contribution in [0.4, 0.5) is 5.69 Å². The van der Waals surface area contributed by atoms with Crippen LogP contribution in [0.2, 0.25) is 5.02 Å². The summed E-state index contributed by atoms with van der Waals surface area (Å²) in [6.45, 7) is 2.09. The number of halogens is 1. The smallest absolute Gasteiger partial charge is 0.264 e. The Morgan fingerprint density at radius 1 is 1.19 bits per heavy atom. The maximum atomic E-state index is 13.1. The summed E-state index contributed by atoms with van der Waals surface area (Å²) in [5.74, 6) is -0.432. The molecule has 26 heavy (non-hydrogen) atoms.